The third-order valence-electron chi connectivity index (χ3n) is 2.94. The molecule has 0 aliphatic heterocycles. The summed E-state index contributed by atoms with van der Waals surface area (Å²) in [5.74, 6) is 0.0587. The van der Waals surface area contributed by atoms with E-state index in [-0.39, 0.29) is 11.8 Å². The van der Waals surface area contributed by atoms with Crippen molar-refractivity contribution in [2.75, 3.05) is 15.8 Å². The van der Waals surface area contributed by atoms with E-state index in [4.69, 9.17) is 11.6 Å². The van der Waals surface area contributed by atoms with Gasteiger partial charge in [-0.25, -0.2) is 8.42 Å². The molecule has 1 atom stereocenters. The van der Waals surface area contributed by atoms with Crippen molar-refractivity contribution in [2.24, 2.45) is 0 Å². The zero-order valence-corrected chi connectivity index (χ0v) is 14.1. The highest BCUT2D eigenvalue weighted by Gasteiger charge is 2.09. The second kappa shape index (κ2) is 6.68. The van der Waals surface area contributed by atoms with Crippen molar-refractivity contribution in [2.45, 2.75) is 19.9 Å². The number of anilines is 2. The molecule has 0 aliphatic carbocycles. The lowest BCUT2D eigenvalue weighted by atomic mass is 10.2. The minimum atomic E-state index is -3.23. The van der Waals surface area contributed by atoms with Crippen LogP contribution in [0.3, 0.4) is 0 Å². The van der Waals surface area contributed by atoms with E-state index in [1.165, 1.54) is 0 Å². The molecule has 1 heterocycles. The van der Waals surface area contributed by atoms with Gasteiger partial charge in [-0.3, -0.25) is 4.72 Å². The van der Waals surface area contributed by atoms with Crippen molar-refractivity contribution in [3.8, 4) is 0 Å². The van der Waals surface area contributed by atoms with Gasteiger partial charge in [-0.1, -0.05) is 11.6 Å². The molecule has 1 aromatic heterocycles. The van der Waals surface area contributed by atoms with E-state index in [0.717, 1.165) is 14.9 Å². The van der Waals surface area contributed by atoms with E-state index in [9.17, 15) is 8.42 Å². The Kier molecular flexibility index (Phi) is 5.13. The van der Waals surface area contributed by atoms with Crippen molar-refractivity contribution in [1.29, 1.82) is 0 Å². The molecule has 0 fully saturated rings. The summed E-state index contributed by atoms with van der Waals surface area (Å²) in [6, 6.07) is 11.2. The molecule has 7 heteroatoms. The molecule has 2 N–H and O–H groups in total. The van der Waals surface area contributed by atoms with Gasteiger partial charge in [0.1, 0.15) is 0 Å². The zero-order chi connectivity index (χ0) is 15.5. The first-order chi connectivity index (χ1) is 9.89. The highest BCUT2D eigenvalue weighted by atomic mass is 35.5. The number of thiophene rings is 1. The highest BCUT2D eigenvalue weighted by molar-refractivity contribution is 7.92. The first-order valence-corrected chi connectivity index (χ1v) is 9.36. The summed E-state index contributed by atoms with van der Waals surface area (Å²) in [6.07, 6.45) is 0. The summed E-state index contributed by atoms with van der Waals surface area (Å²) in [5, 5.41) is 3.35. The zero-order valence-electron chi connectivity index (χ0n) is 11.8. The van der Waals surface area contributed by atoms with Crippen molar-refractivity contribution in [3.63, 3.8) is 0 Å². The molecular weight excluding hydrogens is 328 g/mol. The van der Waals surface area contributed by atoms with Gasteiger partial charge in [0, 0.05) is 16.3 Å². The predicted molar refractivity (Wildman–Crippen MR) is 90.9 cm³/mol. The molecule has 2 rings (SSSR count). The van der Waals surface area contributed by atoms with Gasteiger partial charge >= 0.3 is 0 Å². The first kappa shape index (κ1) is 16.1. The topological polar surface area (TPSA) is 58.2 Å². The van der Waals surface area contributed by atoms with E-state index in [2.05, 4.69) is 17.0 Å². The number of hydrogen-bond acceptors (Lipinski definition) is 4. The fourth-order valence-corrected chi connectivity index (χ4v) is 3.47. The third kappa shape index (κ3) is 4.62. The Balaban J connectivity index is 2.02. The second-order valence-corrected chi connectivity index (χ2v) is 8.35. The molecule has 1 aromatic carbocycles. The van der Waals surface area contributed by atoms with E-state index in [1.807, 2.05) is 24.3 Å². The smallest absolute Gasteiger partial charge is 0.232 e. The summed E-state index contributed by atoms with van der Waals surface area (Å²) >= 11 is 7.47. The molecule has 1 unspecified atom stereocenters. The lowest BCUT2D eigenvalue weighted by molar-refractivity contribution is 0.602. The summed E-state index contributed by atoms with van der Waals surface area (Å²) in [6.45, 7) is 3.65. The van der Waals surface area contributed by atoms with Crippen molar-refractivity contribution in [3.05, 3.63) is 45.6 Å². The highest BCUT2D eigenvalue weighted by Crippen LogP contribution is 2.29. The minimum absolute atomic E-state index is 0.0587. The van der Waals surface area contributed by atoms with Gasteiger partial charge in [-0.05, 0) is 50.2 Å². The van der Waals surface area contributed by atoms with Crippen LogP contribution >= 0.6 is 22.9 Å². The summed E-state index contributed by atoms with van der Waals surface area (Å²) in [7, 11) is -3.23. The van der Waals surface area contributed by atoms with Crippen LogP contribution in [-0.4, -0.2) is 14.2 Å². The molecular formula is C14H17ClN2O2S2. The molecule has 21 heavy (non-hydrogen) atoms. The molecule has 0 saturated carbocycles. The van der Waals surface area contributed by atoms with Gasteiger partial charge in [-0.15, -0.1) is 11.3 Å². The van der Waals surface area contributed by atoms with Crippen LogP contribution in [0, 0.1) is 0 Å². The second-order valence-electron chi connectivity index (χ2n) is 4.59. The van der Waals surface area contributed by atoms with Crippen molar-refractivity contribution < 1.29 is 8.42 Å². The molecule has 0 spiro atoms. The fourth-order valence-electron chi connectivity index (χ4n) is 1.77. The molecule has 2 aromatic rings. The standard InChI is InChI=1S/C14H17ClN2O2S2/c1-3-21(18,19)17-12-6-4-11(5-7-12)16-10(2)13-8-9-14(15)20-13/h4-10,16-17H,3H2,1-2H3. The Hall–Kier alpha value is -1.24. The Morgan fingerprint density at radius 1 is 1.14 bits per heavy atom. The van der Waals surface area contributed by atoms with Crippen LogP contribution in [0.5, 0.6) is 0 Å². The Morgan fingerprint density at radius 2 is 1.76 bits per heavy atom. The maximum Gasteiger partial charge on any atom is 0.232 e. The van der Waals surface area contributed by atoms with Gasteiger partial charge in [0.2, 0.25) is 10.0 Å². The van der Waals surface area contributed by atoms with Crippen LogP contribution < -0.4 is 10.0 Å². The van der Waals surface area contributed by atoms with Crippen molar-refractivity contribution in [1.82, 2.24) is 0 Å². The summed E-state index contributed by atoms with van der Waals surface area (Å²) in [4.78, 5) is 1.15. The van der Waals surface area contributed by atoms with E-state index < -0.39 is 10.0 Å². The lowest BCUT2D eigenvalue weighted by Gasteiger charge is -2.14. The van der Waals surface area contributed by atoms with E-state index in [0.29, 0.717) is 5.69 Å². The first-order valence-electron chi connectivity index (χ1n) is 6.52. The maximum absolute atomic E-state index is 11.5. The molecule has 4 nitrogen and oxygen atoms in total. The Morgan fingerprint density at radius 3 is 2.29 bits per heavy atom. The van der Waals surface area contributed by atoms with Crippen LogP contribution in [0.2, 0.25) is 4.34 Å². The monoisotopic (exact) mass is 344 g/mol. The number of halogens is 1. The number of benzene rings is 1. The van der Waals surface area contributed by atoms with Crippen LogP contribution in [0.1, 0.15) is 24.8 Å². The average Bonchev–Trinajstić information content (AvgIpc) is 2.87. The number of sulfonamides is 1. The van der Waals surface area contributed by atoms with Crippen LogP contribution in [0.15, 0.2) is 36.4 Å². The lowest BCUT2D eigenvalue weighted by Crippen LogP contribution is -2.14. The normalized spacial score (nSPS) is 12.9. The van der Waals surface area contributed by atoms with Crippen LogP contribution in [0.4, 0.5) is 11.4 Å². The number of hydrogen-bond donors (Lipinski definition) is 2. The van der Waals surface area contributed by atoms with Crippen molar-refractivity contribution >= 4 is 44.3 Å². The molecule has 0 aliphatic rings. The minimum Gasteiger partial charge on any atom is -0.378 e. The van der Waals surface area contributed by atoms with Crippen LogP contribution in [-0.2, 0) is 10.0 Å². The van der Waals surface area contributed by atoms with Gasteiger partial charge in [0.05, 0.1) is 16.1 Å². The van der Waals surface area contributed by atoms with Gasteiger partial charge < -0.3 is 5.32 Å². The molecule has 0 radical (unpaired) electrons. The van der Waals surface area contributed by atoms with Crippen LogP contribution in [0.25, 0.3) is 0 Å². The van der Waals surface area contributed by atoms with Gasteiger partial charge in [0.15, 0.2) is 0 Å². The SMILES string of the molecule is CCS(=O)(=O)Nc1ccc(NC(C)c2ccc(Cl)s2)cc1. The van der Waals surface area contributed by atoms with Gasteiger partial charge in [-0.2, -0.15) is 0 Å². The fraction of sp³-hybridized carbons (Fsp3) is 0.286. The number of rotatable bonds is 6. The maximum atomic E-state index is 11.5. The third-order valence-corrected chi connectivity index (χ3v) is 5.66. The molecule has 0 saturated heterocycles. The average molecular weight is 345 g/mol. The van der Waals surface area contributed by atoms with E-state index >= 15 is 0 Å². The molecule has 0 amide bonds. The molecule has 0 bridgehead atoms. The molecule has 114 valence electrons. The Bertz CT molecular complexity index is 696. The summed E-state index contributed by atoms with van der Waals surface area (Å²) in [5.41, 5.74) is 1.49. The largest absolute Gasteiger partial charge is 0.378 e. The summed E-state index contributed by atoms with van der Waals surface area (Å²) < 4.78 is 26.2. The van der Waals surface area contributed by atoms with Gasteiger partial charge in [0.25, 0.3) is 0 Å². The predicted octanol–water partition coefficient (Wildman–Crippen LogP) is 4.34. The Labute approximate surface area is 134 Å². The quantitative estimate of drug-likeness (QED) is 0.819. The van der Waals surface area contributed by atoms with E-state index in [1.54, 1.807) is 30.4 Å². The number of nitrogens with one attached hydrogen (secondary N) is 2.